The summed E-state index contributed by atoms with van der Waals surface area (Å²) in [7, 11) is 5.22. The zero-order chi connectivity index (χ0) is 17.9. The number of hydrogen-bond acceptors (Lipinski definition) is 5. The molecular formula is C16H22N4O4. The van der Waals surface area contributed by atoms with Gasteiger partial charge in [-0.3, -0.25) is 14.4 Å². The molecule has 2 rings (SSSR count). The predicted octanol–water partition coefficient (Wildman–Crippen LogP) is -0.423. The van der Waals surface area contributed by atoms with Crippen LogP contribution in [0.25, 0.3) is 0 Å². The first-order chi connectivity index (χ1) is 11.3. The van der Waals surface area contributed by atoms with Crippen molar-refractivity contribution in [2.24, 2.45) is 5.73 Å². The number of carbonyl (C=O) groups is 3. The number of likely N-dealkylation sites (N-methyl/N-ethyl adjacent to an activating group) is 1. The summed E-state index contributed by atoms with van der Waals surface area (Å²) in [5.74, 6) is -0.305. The van der Waals surface area contributed by atoms with E-state index in [0.29, 0.717) is 17.9 Å². The van der Waals surface area contributed by atoms with Crippen LogP contribution >= 0.6 is 0 Å². The number of anilines is 1. The monoisotopic (exact) mass is 334 g/mol. The summed E-state index contributed by atoms with van der Waals surface area (Å²) in [4.78, 5) is 38.1. The van der Waals surface area contributed by atoms with Crippen molar-refractivity contribution in [3.8, 4) is 5.75 Å². The molecule has 3 amide bonds. The molecule has 1 aromatic rings. The second-order valence-electron chi connectivity index (χ2n) is 5.90. The standard InChI is InChI=1S/C16H22N4O4/c1-19(2)16(23)10-4-5-13-12(6-10)20(3)11(9-24-13)7-15(22)18-8-14(17)21/h4-6,11H,7-9H2,1-3H3,(H2,17,21)(H,18,22)/t11-/m1/s1. The molecule has 0 spiro atoms. The van der Waals surface area contributed by atoms with Gasteiger partial charge in [0.05, 0.1) is 24.7 Å². The van der Waals surface area contributed by atoms with Crippen LogP contribution in [0.15, 0.2) is 18.2 Å². The van der Waals surface area contributed by atoms with Crippen molar-refractivity contribution in [2.75, 3.05) is 39.2 Å². The van der Waals surface area contributed by atoms with Crippen LogP contribution < -0.4 is 20.7 Å². The maximum Gasteiger partial charge on any atom is 0.253 e. The molecule has 130 valence electrons. The zero-order valence-corrected chi connectivity index (χ0v) is 14.0. The molecule has 8 heteroatoms. The Kier molecular flexibility index (Phi) is 5.28. The summed E-state index contributed by atoms with van der Waals surface area (Å²) in [6.07, 6.45) is 0.162. The normalized spacial score (nSPS) is 16.0. The molecule has 1 aromatic carbocycles. The molecule has 0 bridgehead atoms. The average Bonchev–Trinajstić information content (AvgIpc) is 2.54. The number of nitrogens with one attached hydrogen (secondary N) is 1. The van der Waals surface area contributed by atoms with Gasteiger partial charge in [-0.15, -0.1) is 0 Å². The molecule has 8 nitrogen and oxygen atoms in total. The zero-order valence-electron chi connectivity index (χ0n) is 14.0. The van der Waals surface area contributed by atoms with Crippen molar-refractivity contribution in [1.82, 2.24) is 10.2 Å². The maximum absolute atomic E-state index is 12.1. The Morgan fingerprint density at radius 2 is 2.08 bits per heavy atom. The van der Waals surface area contributed by atoms with E-state index in [-0.39, 0.29) is 30.8 Å². The van der Waals surface area contributed by atoms with Crippen molar-refractivity contribution in [1.29, 1.82) is 0 Å². The third-order valence-electron chi connectivity index (χ3n) is 3.85. The molecule has 0 unspecified atom stereocenters. The highest BCUT2D eigenvalue weighted by molar-refractivity contribution is 5.95. The van der Waals surface area contributed by atoms with Gasteiger partial charge in [0.15, 0.2) is 0 Å². The number of carbonyl (C=O) groups excluding carboxylic acids is 3. The number of nitrogens with zero attached hydrogens (tertiary/aromatic N) is 2. The van der Waals surface area contributed by atoms with Crippen LogP contribution in [0.5, 0.6) is 5.75 Å². The Balaban J connectivity index is 2.12. The van der Waals surface area contributed by atoms with Crippen molar-refractivity contribution < 1.29 is 19.1 Å². The van der Waals surface area contributed by atoms with Crippen LogP contribution in [-0.4, -0.2) is 63.0 Å². The lowest BCUT2D eigenvalue weighted by Gasteiger charge is -2.35. The van der Waals surface area contributed by atoms with E-state index in [1.54, 1.807) is 32.3 Å². The number of ether oxygens (including phenoxy) is 1. The molecule has 0 radical (unpaired) electrons. The lowest BCUT2D eigenvalue weighted by Crippen LogP contribution is -2.44. The van der Waals surface area contributed by atoms with Gasteiger partial charge in [0.1, 0.15) is 12.4 Å². The van der Waals surface area contributed by atoms with Gasteiger partial charge >= 0.3 is 0 Å². The van der Waals surface area contributed by atoms with Crippen LogP contribution in [0.1, 0.15) is 16.8 Å². The van der Waals surface area contributed by atoms with Crippen LogP contribution in [0, 0.1) is 0 Å². The van der Waals surface area contributed by atoms with Crippen LogP contribution in [0.3, 0.4) is 0 Å². The molecule has 1 atom stereocenters. The van der Waals surface area contributed by atoms with Crippen molar-refractivity contribution in [3.63, 3.8) is 0 Å². The van der Waals surface area contributed by atoms with Gasteiger partial charge in [-0.1, -0.05) is 0 Å². The Morgan fingerprint density at radius 3 is 2.71 bits per heavy atom. The fourth-order valence-electron chi connectivity index (χ4n) is 2.47. The molecule has 0 aromatic heterocycles. The van der Waals surface area contributed by atoms with Gasteiger partial charge in [0, 0.05) is 26.7 Å². The highest BCUT2D eigenvalue weighted by atomic mass is 16.5. The van der Waals surface area contributed by atoms with E-state index in [9.17, 15) is 14.4 Å². The van der Waals surface area contributed by atoms with E-state index in [4.69, 9.17) is 10.5 Å². The molecule has 0 saturated heterocycles. The minimum Gasteiger partial charge on any atom is -0.489 e. The minimum absolute atomic E-state index is 0.104. The van der Waals surface area contributed by atoms with E-state index < -0.39 is 5.91 Å². The molecule has 0 saturated carbocycles. The van der Waals surface area contributed by atoms with Crippen molar-refractivity contribution >= 4 is 23.4 Å². The molecule has 1 heterocycles. The molecule has 1 aliphatic rings. The Hall–Kier alpha value is -2.77. The Bertz CT molecular complexity index is 659. The topological polar surface area (TPSA) is 105 Å². The quantitative estimate of drug-likeness (QED) is 0.761. The van der Waals surface area contributed by atoms with Crippen LogP contribution in [0.4, 0.5) is 5.69 Å². The van der Waals surface area contributed by atoms with Gasteiger partial charge in [-0.05, 0) is 18.2 Å². The summed E-state index contributed by atoms with van der Waals surface area (Å²) < 4.78 is 5.69. The van der Waals surface area contributed by atoms with Gasteiger partial charge in [0.25, 0.3) is 5.91 Å². The first-order valence-electron chi connectivity index (χ1n) is 7.56. The highest BCUT2D eigenvalue weighted by Gasteiger charge is 2.27. The number of amides is 3. The molecule has 0 fully saturated rings. The number of rotatable bonds is 5. The Morgan fingerprint density at radius 1 is 1.38 bits per heavy atom. The molecule has 3 N–H and O–H groups in total. The van der Waals surface area contributed by atoms with E-state index >= 15 is 0 Å². The van der Waals surface area contributed by atoms with Crippen molar-refractivity contribution in [3.05, 3.63) is 23.8 Å². The average molecular weight is 334 g/mol. The number of hydrogen-bond donors (Lipinski definition) is 2. The van der Waals surface area contributed by atoms with Gasteiger partial charge in [-0.25, -0.2) is 0 Å². The molecule has 1 aliphatic heterocycles. The maximum atomic E-state index is 12.1. The van der Waals surface area contributed by atoms with Crippen LogP contribution in [0.2, 0.25) is 0 Å². The number of nitrogens with two attached hydrogens (primary N) is 1. The number of fused-ring (bicyclic) bond motifs is 1. The molecule has 24 heavy (non-hydrogen) atoms. The smallest absolute Gasteiger partial charge is 0.253 e. The van der Waals surface area contributed by atoms with Crippen LogP contribution in [-0.2, 0) is 9.59 Å². The van der Waals surface area contributed by atoms with Gasteiger partial charge in [-0.2, -0.15) is 0 Å². The summed E-state index contributed by atoms with van der Waals surface area (Å²) in [6.45, 7) is 0.155. The van der Waals surface area contributed by atoms with E-state index in [0.717, 1.165) is 5.69 Å². The lowest BCUT2D eigenvalue weighted by atomic mass is 10.1. The summed E-state index contributed by atoms with van der Waals surface area (Å²) >= 11 is 0. The second kappa shape index (κ2) is 7.20. The highest BCUT2D eigenvalue weighted by Crippen LogP contribution is 2.34. The molecule has 0 aliphatic carbocycles. The van der Waals surface area contributed by atoms with E-state index in [1.807, 2.05) is 11.9 Å². The third kappa shape index (κ3) is 3.95. The fourth-order valence-corrected chi connectivity index (χ4v) is 2.47. The molecular weight excluding hydrogens is 312 g/mol. The summed E-state index contributed by atoms with van der Waals surface area (Å²) in [5.41, 5.74) is 6.31. The SMILES string of the molecule is CN(C)C(=O)c1ccc2c(c1)N(C)[C@H](CC(=O)NCC(N)=O)CO2. The number of benzene rings is 1. The summed E-state index contributed by atoms with van der Waals surface area (Å²) in [6, 6.07) is 5.03. The first kappa shape index (κ1) is 17.6. The van der Waals surface area contributed by atoms with E-state index in [1.165, 1.54) is 4.90 Å². The Labute approximate surface area is 140 Å². The first-order valence-corrected chi connectivity index (χ1v) is 7.56. The third-order valence-corrected chi connectivity index (χ3v) is 3.85. The summed E-state index contributed by atoms with van der Waals surface area (Å²) in [5, 5.41) is 2.46. The van der Waals surface area contributed by atoms with E-state index in [2.05, 4.69) is 5.32 Å². The van der Waals surface area contributed by atoms with Gasteiger partial charge in [0.2, 0.25) is 11.8 Å². The fraction of sp³-hybridized carbons (Fsp3) is 0.438. The minimum atomic E-state index is -0.589. The van der Waals surface area contributed by atoms with Crippen molar-refractivity contribution in [2.45, 2.75) is 12.5 Å². The predicted molar refractivity (Wildman–Crippen MR) is 89.0 cm³/mol. The number of primary amides is 1. The lowest BCUT2D eigenvalue weighted by molar-refractivity contribution is -0.125. The second-order valence-corrected chi connectivity index (χ2v) is 5.90. The largest absolute Gasteiger partial charge is 0.489 e. The van der Waals surface area contributed by atoms with Gasteiger partial charge < -0.3 is 25.6 Å².